The van der Waals surface area contributed by atoms with Gasteiger partial charge in [-0.3, -0.25) is 4.79 Å². The fraction of sp³-hybridized carbons (Fsp3) is 0.632. The highest BCUT2D eigenvalue weighted by Gasteiger charge is 2.34. The van der Waals surface area contributed by atoms with E-state index in [1.807, 2.05) is 11.9 Å². The lowest BCUT2D eigenvalue weighted by atomic mass is 9.95. The summed E-state index contributed by atoms with van der Waals surface area (Å²) < 4.78 is 32.2. The van der Waals surface area contributed by atoms with E-state index < -0.39 is 10.0 Å². The number of sulfonamides is 1. The summed E-state index contributed by atoms with van der Waals surface area (Å²) in [5.74, 6) is 0.690. The molecule has 1 amide bonds. The predicted octanol–water partition coefficient (Wildman–Crippen LogP) is 1.73. The van der Waals surface area contributed by atoms with E-state index in [1.54, 1.807) is 31.4 Å². The molecule has 2 aliphatic heterocycles. The van der Waals surface area contributed by atoms with Crippen molar-refractivity contribution in [2.24, 2.45) is 5.92 Å². The van der Waals surface area contributed by atoms with Gasteiger partial charge < -0.3 is 15.0 Å². The van der Waals surface area contributed by atoms with Gasteiger partial charge in [0.2, 0.25) is 15.9 Å². The van der Waals surface area contributed by atoms with Crippen LogP contribution in [0.5, 0.6) is 5.75 Å². The normalized spacial score (nSPS) is 19.6. The number of piperidine rings is 2. The molecule has 1 aromatic rings. The van der Waals surface area contributed by atoms with Crippen molar-refractivity contribution in [1.29, 1.82) is 0 Å². The highest BCUT2D eigenvalue weighted by Crippen LogP contribution is 2.27. The quantitative estimate of drug-likeness (QED) is 0.768. The predicted molar refractivity (Wildman–Crippen MR) is 110 cm³/mol. The Balaban J connectivity index is 0.00000280. The lowest BCUT2D eigenvalue weighted by Crippen LogP contribution is -2.48. The topological polar surface area (TPSA) is 79.0 Å². The summed E-state index contributed by atoms with van der Waals surface area (Å²) in [5, 5.41) is 3.31. The summed E-state index contributed by atoms with van der Waals surface area (Å²) >= 11 is 0. The molecular weight excluding hydrogens is 402 g/mol. The van der Waals surface area contributed by atoms with Crippen LogP contribution in [-0.2, 0) is 14.8 Å². The van der Waals surface area contributed by atoms with E-state index in [2.05, 4.69) is 5.32 Å². The zero-order valence-electron chi connectivity index (χ0n) is 16.5. The number of carbonyl (C=O) groups is 1. The van der Waals surface area contributed by atoms with Crippen molar-refractivity contribution < 1.29 is 17.9 Å². The van der Waals surface area contributed by atoms with Crippen LogP contribution in [0.2, 0.25) is 0 Å². The summed E-state index contributed by atoms with van der Waals surface area (Å²) in [4.78, 5) is 15.0. The molecule has 0 aromatic heterocycles. The minimum Gasteiger partial charge on any atom is -0.497 e. The number of hydrogen-bond donors (Lipinski definition) is 1. The molecule has 0 radical (unpaired) electrons. The van der Waals surface area contributed by atoms with Crippen molar-refractivity contribution in [2.75, 3.05) is 40.3 Å². The summed E-state index contributed by atoms with van der Waals surface area (Å²) in [7, 11) is -0.0968. The fourth-order valence-electron chi connectivity index (χ4n) is 3.90. The SMILES string of the molecule is COc1ccc(S(=O)(=O)N2CCC(C(=O)N(C)C3CCNCC3)CC2)cc1.Cl. The Morgan fingerprint density at radius 3 is 2.21 bits per heavy atom. The number of amides is 1. The maximum Gasteiger partial charge on any atom is 0.243 e. The number of hydrogen-bond acceptors (Lipinski definition) is 5. The molecule has 2 fully saturated rings. The number of ether oxygens (including phenoxy) is 1. The second kappa shape index (κ2) is 9.91. The molecule has 0 spiro atoms. The van der Waals surface area contributed by atoms with Gasteiger partial charge in [0, 0.05) is 32.1 Å². The van der Waals surface area contributed by atoms with Crippen LogP contribution in [0.25, 0.3) is 0 Å². The summed E-state index contributed by atoms with van der Waals surface area (Å²) in [6.07, 6.45) is 3.10. The Morgan fingerprint density at radius 1 is 1.11 bits per heavy atom. The molecule has 1 N–H and O–H groups in total. The van der Waals surface area contributed by atoms with Gasteiger partial charge in [-0.1, -0.05) is 0 Å². The van der Waals surface area contributed by atoms with E-state index in [0.717, 1.165) is 25.9 Å². The Labute approximate surface area is 173 Å². The largest absolute Gasteiger partial charge is 0.497 e. The molecule has 0 saturated carbocycles. The van der Waals surface area contributed by atoms with Gasteiger partial charge in [-0.15, -0.1) is 12.4 Å². The van der Waals surface area contributed by atoms with E-state index in [4.69, 9.17) is 4.74 Å². The molecule has 0 atom stereocenters. The Bertz CT molecular complexity index is 743. The third-order valence-corrected chi connectivity index (χ3v) is 7.62. The molecule has 2 saturated heterocycles. The molecule has 7 nitrogen and oxygen atoms in total. The van der Waals surface area contributed by atoms with Gasteiger partial charge in [0.15, 0.2) is 0 Å². The maximum atomic E-state index is 12.8. The van der Waals surface area contributed by atoms with Gasteiger partial charge in [-0.25, -0.2) is 8.42 Å². The number of methoxy groups -OCH3 is 1. The first-order valence-electron chi connectivity index (χ1n) is 9.55. The summed E-state index contributed by atoms with van der Waals surface area (Å²) in [6, 6.07) is 6.72. The zero-order chi connectivity index (χ0) is 19.4. The maximum absolute atomic E-state index is 12.8. The van der Waals surface area contributed by atoms with Gasteiger partial charge >= 0.3 is 0 Å². The zero-order valence-corrected chi connectivity index (χ0v) is 18.1. The van der Waals surface area contributed by atoms with Gasteiger partial charge in [0.05, 0.1) is 12.0 Å². The van der Waals surface area contributed by atoms with Crippen LogP contribution in [0.1, 0.15) is 25.7 Å². The lowest BCUT2D eigenvalue weighted by molar-refractivity contribution is -0.138. The lowest BCUT2D eigenvalue weighted by Gasteiger charge is -2.36. The first kappa shape index (κ1) is 22.9. The number of nitrogens with zero attached hydrogens (tertiary/aromatic N) is 2. The fourth-order valence-corrected chi connectivity index (χ4v) is 5.37. The molecule has 0 unspecified atom stereocenters. The summed E-state index contributed by atoms with van der Waals surface area (Å²) in [6.45, 7) is 2.65. The van der Waals surface area contributed by atoms with Crippen molar-refractivity contribution in [3.8, 4) is 5.75 Å². The number of halogens is 1. The average molecular weight is 432 g/mol. The molecule has 3 rings (SSSR count). The minimum atomic E-state index is -3.53. The van der Waals surface area contributed by atoms with Crippen molar-refractivity contribution in [3.05, 3.63) is 24.3 Å². The van der Waals surface area contributed by atoms with E-state index in [-0.39, 0.29) is 29.1 Å². The smallest absolute Gasteiger partial charge is 0.243 e. The highest BCUT2D eigenvalue weighted by atomic mass is 35.5. The monoisotopic (exact) mass is 431 g/mol. The molecule has 0 bridgehead atoms. The third kappa shape index (κ3) is 4.97. The molecule has 158 valence electrons. The standard InChI is InChI=1S/C19H29N3O4S.ClH/c1-21(16-7-11-20-12-8-16)19(23)15-9-13-22(14-10-15)27(24,25)18-5-3-17(26-2)4-6-18;/h3-6,15-16,20H,7-14H2,1-2H3;1H. The molecule has 2 aliphatic rings. The summed E-state index contributed by atoms with van der Waals surface area (Å²) in [5.41, 5.74) is 0. The first-order chi connectivity index (χ1) is 12.9. The number of nitrogens with one attached hydrogen (secondary N) is 1. The van der Waals surface area contributed by atoms with Crippen LogP contribution >= 0.6 is 12.4 Å². The van der Waals surface area contributed by atoms with E-state index in [1.165, 1.54) is 4.31 Å². The second-order valence-corrected chi connectivity index (χ2v) is 9.22. The van der Waals surface area contributed by atoms with E-state index in [0.29, 0.717) is 37.7 Å². The first-order valence-corrected chi connectivity index (χ1v) is 11.0. The number of carbonyl (C=O) groups excluding carboxylic acids is 1. The van der Waals surface area contributed by atoms with Crippen LogP contribution < -0.4 is 10.1 Å². The molecule has 9 heteroatoms. The van der Waals surface area contributed by atoms with Gasteiger partial charge in [-0.05, 0) is 63.0 Å². The Morgan fingerprint density at radius 2 is 1.68 bits per heavy atom. The van der Waals surface area contributed by atoms with Crippen molar-refractivity contribution in [3.63, 3.8) is 0 Å². The molecule has 2 heterocycles. The van der Waals surface area contributed by atoms with Crippen LogP contribution in [0.3, 0.4) is 0 Å². The van der Waals surface area contributed by atoms with Gasteiger partial charge in [0.1, 0.15) is 5.75 Å². The van der Waals surface area contributed by atoms with Crippen LogP contribution in [0.4, 0.5) is 0 Å². The minimum absolute atomic E-state index is 0. The molecule has 1 aromatic carbocycles. The van der Waals surface area contributed by atoms with Crippen molar-refractivity contribution in [1.82, 2.24) is 14.5 Å². The molecule has 0 aliphatic carbocycles. The van der Waals surface area contributed by atoms with E-state index in [9.17, 15) is 13.2 Å². The molecular formula is C19H30ClN3O4S. The van der Waals surface area contributed by atoms with Crippen LogP contribution in [0, 0.1) is 5.92 Å². The van der Waals surface area contributed by atoms with E-state index >= 15 is 0 Å². The molecule has 28 heavy (non-hydrogen) atoms. The Hall–Kier alpha value is -1.35. The van der Waals surface area contributed by atoms with Crippen molar-refractivity contribution in [2.45, 2.75) is 36.6 Å². The Kier molecular flexibility index (Phi) is 8.12. The van der Waals surface area contributed by atoms with Crippen LogP contribution in [-0.4, -0.2) is 69.9 Å². The number of rotatable bonds is 5. The van der Waals surface area contributed by atoms with Crippen LogP contribution in [0.15, 0.2) is 29.2 Å². The third-order valence-electron chi connectivity index (χ3n) is 5.70. The van der Waals surface area contributed by atoms with Crippen molar-refractivity contribution >= 4 is 28.3 Å². The van der Waals surface area contributed by atoms with Gasteiger partial charge in [-0.2, -0.15) is 4.31 Å². The highest BCUT2D eigenvalue weighted by molar-refractivity contribution is 7.89. The average Bonchev–Trinajstić information content (AvgIpc) is 2.73. The second-order valence-electron chi connectivity index (χ2n) is 7.28. The van der Waals surface area contributed by atoms with Gasteiger partial charge in [0.25, 0.3) is 0 Å². The number of benzene rings is 1.